The highest BCUT2D eigenvalue weighted by atomic mass is 15.3. The second-order valence-electron chi connectivity index (χ2n) is 7.08. The molecule has 0 aromatic carbocycles. The lowest BCUT2D eigenvalue weighted by molar-refractivity contribution is 0.255. The molecule has 3 unspecified atom stereocenters. The second kappa shape index (κ2) is 3.49. The molecule has 3 atom stereocenters. The number of fused-ring (bicyclic) bond motifs is 2. The first-order valence-corrected chi connectivity index (χ1v) is 7.06. The Morgan fingerprint density at radius 3 is 2.50 bits per heavy atom. The molecule has 18 heavy (non-hydrogen) atoms. The van der Waals surface area contributed by atoms with Crippen molar-refractivity contribution in [2.45, 2.75) is 53.0 Å². The fourth-order valence-corrected chi connectivity index (χ4v) is 4.33. The summed E-state index contributed by atoms with van der Waals surface area (Å²) in [5, 5.41) is 0. The number of hydrogen-bond acceptors (Lipinski definition) is 2. The quantitative estimate of drug-likeness (QED) is 0.748. The summed E-state index contributed by atoms with van der Waals surface area (Å²) in [5.41, 5.74) is 4.48. The van der Waals surface area contributed by atoms with Gasteiger partial charge in [-0.1, -0.05) is 13.8 Å². The maximum absolute atomic E-state index is 4.63. The van der Waals surface area contributed by atoms with Crippen LogP contribution in [0.3, 0.4) is 0 Å². The summed E-state index contributed by atoms with van der Waals surface area (Å²) in [6.07, 6.45) is 2.64. The molecule has 0 radical (unpaired) electrons. The van der Waals surface area contributed by atoms with E-state index in [-0.39, 0.29) is 0 Å². The minimum Gasteiger partial charge on any atom is -0.364 e. The molecule has 0 spiro atoms. The molecular formula is C16H24N2. The molecule has 0 N–H and O–H groups in total. The van der Waals surface area contributed by atoms with Gasteiger partial charge in [0.25, 0.3) is 0 Å². The Morgan fingerprint density at radius 1 is 1.28 bits per heavy atom. The third kappa shape index (κ3) is 1.51. The van der Waals surface area contributed by atoms with Crippen molar-refractivity contribution in [1.29, 1.82) is 0 Å². The van der Waals surface area contributed by atoms with Crippen LogP contribution in [0.5, 0.6) is 0 Å². The molecule has 2 aliphatic rings. The van der Waals surface area contributed by atoms with Gasteiger partial charge in [-0.15, -0.1) is 0 Å². The summed E-state index contributed by atoms with van der Waals surface area (Å²) in [4.78, 5) is 7.25. The smallest absolute Gasteiger partial charge is 0.0609 e. The summed E-state index contributed by atoms with van der Waals surface area (Å²) >= 11 is 0. The zero-order chi connectivity index (χ0) is 13.1. The average Bonchev–Trinajstić information content (AvgIpc) is 2.63. The summed E-state index contributed by atoms with van der Waals surface area (Å²) in [7, 11) is 0. The van der Waals surface area contributed by atoms with E-state index in [1.807, 2.05) is 0 Å². The van der Waals surface area contributed by atoms with Gasteiger partial charge >= 0.3 is 0 Å². The van der Waals surface area contributed by atoms with Crippen LogP contribution in [0.2, 0.25) is 0 Å². The van der Waals surface area contributed by atoms with Gasteiger partial charge in [-0.05, 0) is 57.1 Å². The van der Waals surface area contributed by atoms with E-state index in [9.17, 15) is 0 Å². The van der Waals surface area contributed by atoms with E-state index < -0.39 is 0 Å². The Kier molecular flexibility index (Phi) is 2.33. The molecule has 1 aliphatic heterocycles. The molecule has 98 valence electrons. The van der Waals surface area contributed by atoms with Crippen molar-refractivity contribution in [3.05, 3.63) is 23.5 Å². The first-order chi connectivity index (χ1) is 8.34. The van der Waals surface area contributed by atoms with Crippen LogP contribution in [0.25, 0.3) is 0 Å². The zero-order valence-corrected chi connectivity index (χ0v) is 12.2. The van der Waals surface area contributed by atoms with E-state index >= 15 is 0 Å². The number of anilines is 1. The lowest BCUT2D eigenvalue weighted by Crippen LogP contribution is -2.46. The van der Waals surface area contributed by atoms with Crippen LogP contribution in [0, 0.1) is 25.2 Å². The van der Waals surface area contributed by atoms with Crippen LogP contribution < -0.4 is 4.90 Å². The van der Waals surface area contributed by atoms with E-state index in [1.165, 1.54) is 30.8 Å². The van der Waals surface area contributed by atoms with Crippen LogP contribution in [-0.4, -0.2) is 17.1 Å². The highest BCUT2D eigenvalue weighted by molar-refractivity contribution is 5.55. The van der Waals surface area contributed by atoms with Crippen LogP contribution in [0.1, 0.15) is 45.0 Å². The summed E-state index contributed by atoms with van der Waals surface area (Å²) < 4.78 is 0. The molecule has 2 heterocycles. The maximum atomic E-state index is 4.63. The first-order valence-electron chi connectivity index (χ1n) is 7.06. The van der Waals surface area contributed by atoms with Crippen molar-refractivity contribution in [3.8, 4) is 0 Å². The topological polar surface area (TPSA) is 16.1 Å². The average molecular weight is 244 g/mol. The fourth-order valence-electron chi connectivity index (χ4n) is 4.33. The number of rotatable bonds is 1. The van der Waals surface area contributed by atoms with Crippen molar-refractivity contribution in [1.82, 2.24) is 4.98 Å². The van der Waals surface area contributed by atoms with Gasteiger partial charge in [0.2, 0.25) is 0 Å². The Hall–Kier alpha value is -1.05. The predicted molar refractivity (Wildman–Crippen MR) is 76.0 cm³/mol. The molecule has 3 rings (SSSR count). The largest absolute Gasteiger partial charge is 0.364 e. The Balaban J connectivity index is 2.00. The number of pyridine rings is 1. The lowest BCUT2D eigenvalue weighted by Gasteiger charge is -2.42. The number of aryl methyl sites for hydroxylation is 2. The fraction of sp³-hybridized carbons (Fsp3) is 0.688. The van der Waals surface area contributed by atoms with Crippen molar-refractivity contribution in [2.24, 2.45) is 11.3 Å². The standard InChI is InChI=1S/C16H24N2/c1-11-8-16(5)9-15(11,4)10-18(16)14-7-6-12(2)17-13(14)3/h6-7,11H,8-10H2,1-5H3. The summed E-state index contributed by atoms with van der Waals surface area (Å²) in [6, 6.07) is 4.40. The van der Waals surface area contributed by atoms with Crippen molar-refractivity contribution in [3.63, 3.8) is 0 Å². The van der Waals surface area contributed by atoms with Crippen LogP contribution >= 0.6 is 0 Å². The molecule has 2 bridgehead atoms. The Morgan fingerprint density at radius 2 is 2.00 bits per heavy atom. The Labute approximate surface area is 110 Å². The van der Waals surface area contributed by atoms with Crippen LogP contribution in [0.4, 0.5) is 5.69 Å². The molecule has 1 saturated heterocycles. The molecule has 2 fully saturated rings. The van der Waals surface area contributed by atoms with E-state index in [0.717, 1.165) is 11.6 Å². The SMILES string of the molecule is Cc1ccc(N2CC3(C)CC2(C)CC3C)c(C)n1. The van der Waals surface area contributed by atoms with Gasteiger partial charge in [-0.25, -0.2) is 0 Å². The van der Waals surface area contributed by atoms with Gasteiger partial charge in [0.15, 0.2) is 0 Å². The highest BCUT2D eigenvalue weighted by Gasteiger charge is 2.57. The molecule has 0 amide bonds. The van der Waals surface area contributed by atoms with Gasteiger partial charge in [0, 0.05) is 17.8 Å². The molecule has 2 heteroatoms. The third-order valence-corrected chi connectivity index (χ3v) is 5.38. The van der Waals surface area contributed by atoms with E-state index in [0.29, 0.717) is 11.0 Å². The number of hydrogen-bond donors (Lipinski definition) is 0. The van der Waals surface area contributed by atoms with Crippen LogP contribution in [-0.2, 0) is 0 Å². The van der Waals surface area contributed by atoms with E-state index in [1.54, 1.807) is 0 Å². The highest BCUT2D eigenvalue weighted by Crippen LogP contribution is 2.58. The molecular weight excluding hydrogens is 220 g/mol. The van der Waals surface area contributed by atoms with E-state index in [2.05, 4.69) is 56.6 Å². The molecule has 1 aromatic rings. The summed E-state index contributed by atoms with van der Waals surface area (Å²) in [5.74, 6) is 0.845. The number of aromatic nitrogens is 1. The number of nitrogens with zero attached hydrogens (tertiary/aromatic N) is 2. The zero-order valence-electron chi connectivity index (χ0n) is 12.2. The van der Waals surface area contributed by atoms with Gasteiger partial charge in [0.1, 0.15) is 0 Å². The minimum atomic E-state index is 0.343. The van der Waals surface area contributed by atoms with Crippen molar-refractivity contribution in [2.75, 3.05) is 11.4 Å². The summed E-state index contributed by atoms with van der Waals surface area (Å²) in [6.45, 7) is 12.7. The van der Waals surface area contributed by atoms with Crippen LogP contribution in [0.15, 0.2) is 12.1 Å². The third-order valence-electron chi connectivity index (χ3n) is 5.38. The monoisotopic (exact) mass is 244 g/mol. The van der Waals surface area contributed by atoms with Gasteiger partial charge in [0.05, 0.1) is 11.4 Å². The lowest BCUT2D eigenvalue weighted by atomic mass is 9.81. The first kappa shape index (κ1) is 12.0. The van der Waals surface area contributed by atoms with Gasteiger partial charge < -0.3 is 4.90 Å². The minimum absolute atomic E-state index is 0.343. The molecule has 1 aromatic heterocycles. The van der Waals surface area contributed by atoms with Crippen molar-refractivity contribution < 1.29 is 0 Å². The van der Waals surface area contributed by atoms with E-state index in [4.69, 9.17) is 0 Å². The molecule has 2 nitrogen and oxygen atoms in total. The normalized spacial score (nSPS) is 38.5. The predicted octanol–water partition coefficient (Wildman–Crippen LogP) is 3.71. The van der Waals surface area contributed by atoms with Gasteiger partial charge in [-0.2, -0.15) is 0 Å². The molecule has 1 saturated carbocycles. The Bertz CT molecular complexity index is 496. The maximum Gasteiger partial charge on any atom is 0.0609 e. The molecule has 1 aliphatic carbocycles. The number of piperidine rings is 1. The second-order valence-corrected chi connectivity index (χ2v) is 7.08. The van der Waals surface area contributed by atoms with Gasteiger partial charge in [-0.3, -0.25) is 4.98 Å². The van der Waals surface area contributed by atoms with Crippen molar-refractivity contribution >= 4 is 5.69 Å².